The van der Waals surface area contributed by atoms with E-state index in [9.17, 15) is 0 Å². The summed E-state index contributed by atoms with van der Waals surface area (Å²) < 4.78 is 1.32. The Bertz CT molecular complexity index is 460. The number of pyridine rings is 1. The fourth-order valence-corrected chi connectivity index (χ4v) is 2.89. The molecule has 3 heterocycles. The number of rotatable bonds is 1. The molecule has 3 nitrogen and oxygen atoms in total. The minimum atomic E-state index is 1.06. The molecule has 3 rings (SSSR count). The van der Waals surface area contributed by atoms with Gasteiger partial charge in [-0.2, -0.15) is 0 Å². The Kier molecular flexibility index (Phi) is 2.31. The Morgan fingerprint density at radius 1 is 1.27 bits per heavy atom. The van der Waals surface area contributed by atoms with E-state index in [-0.39, 0.29) is 0 Å². The number of hydrogen-bond acceptors (Lipinski definition) is 4. The highest BCUT2D eigenvalue weighted by Crippen LogP contribution is 2.29. The number of hydrogen-bond donors (Lipinski definition) is 1. The SMILES string of the molecule is c1cc2ccsc2c(N2CCNCC2)n1. The van der Waals surface area contributed by atoms with Crippen LogP contribution < -0.4 is 10.2 Å². The van der Waals surface area contributed by atoms with Crippen molar-refractivity contribution >= 4 is 27.2 Å². The second-order valence-electron chi connectivity index (χ2n) is 3.71. The summed E-state index contributed by atoms with van der Waals surface area (Å²) >= 11 is 1.78. The van der Waals surface area contributed by atoms with Gasteiger partial charge in [-0.05, 0) is 22.9 Å². The van der Waals surface area contributed by atoms with Gasteiger partial charge in [0.25, 0.3) is 0 Å². The Hall–Kier alpha value is -1.13. The maximum Gasteiger partial charge on any atom is 0.146 e. The van der Waals surface area contributed by atoms with Crippen molar-refractivity contribution in [3.63, 3.8) is 0 Å². The van der Waals surface area contributed by atoms with Gasteiger partial charge in [-0.1, -0.05) is 0 Å². The first-order valence-electron chi connectivity index (χ1n) is 5.23. The monoisotopic (exact) mass is 219 g/mol. The lowest BCUT2D eigenvalue weighted by atomic mass is 10.3. The van der Waals surface area contributed by atoms with Crippen molar-refractivity contribution in [3.8, 4) is 0 Å². The van der Waals surface area contributed by atoms with E-state index in [0.717, 1.165) is 32.0 Å². The molecule has 0 amide bonds. The highest BCUT2D eigenvalue weighted by atomic mass is 32.1. The number of nitrogens with zero attached hydrogens (tertiary/aromatic N) is 2. The lowest BCUT2D eigenvalue weighted by molar-refractivity contribution is 0.586. The van der Waals surface area contributed by atoms with Gasteiger partial charge in [0.05, 0.1) is 4.70 Å². The average Bonchev–Trinajstić information content (AvgIpc) is 2.78. The van der Waals surface area contributed by atoms with Crippen molar-refractivity contribution in [2.24, 2.45) is 0 Å². The predicted molar refractivity (Wildman–Crippen MR) is 64.7 cm³/mol. The van der Waals surface area contributed by atoms with Crippen LogP contribution in [0.3, 0.4) is 0 Å². The van der Waals surface area contributed by atoms with E-state index in [1.54, 1.807) is 11.3 Å². The molecule has 0 unspecified atom stereocenters. The smallest absolute Gasteiger partial charge is 0.146 e. The van der Waals surface area contributed by atoms with Gasteiger partial charge in [0.1, 0.15) is 5.82 Å². The van der Waals surface area contributed by atoms with E-state index < -0.39 is 0 Å². The van der Waals surface area contributed by atoms with Crippen molar-refractivity contribution in [1.29, 1.82) is 0 Å². The molecule has 0 bridgehead atoms. The largest absolute Gasteiger partial charge is 0.353 e. The van der Waals surface area contributed by atoms with Gasteiger partial charge in [-0.25, -0.2) is 4.98 Å². The topological polar surface area (TPSA) is 28.2 Å². The van der Waals surface area contributed by atoms with Gasteiger partial charge >= 0.3 is 0 Å². The molecule has 1 saturated heterocycles. The number of anilines is 1. The lowest BCUT2D eigenvalue weighted by Gasteiger charge is -2.28. The summed E-state index contributed by atoms with van der Waals surface area (Å²) in [4.78, 5) is 6.88. The van der Waals surface area contributed by atoms with E-state index in [1.807, 2.05) is 6.20 Å². The minimum absolute atomic E-state index is 1.06. The Balaban J connectivity index is 2.05. The van der Waals surface area contributed by atoms with Crippen LogP contribution in [0.25, 0.3) is 10.1 Å². The summed E-state index contributed by atoms with van der Waals surface area (Å²) in [5.74, 6) is 1.16. The summed E-state index contributed by atoms with van der Waals surface area (Å²) in [6.07, 6.45) is 1.91. The van der Waals surface area contributed by atoms with E-state index in [1.165, 1.54) is 10.1 Å². The van der Waals surface area contributed by atoms with E-state index >= 15 is 0 Å². The molecule has 15 heavy (non-hydrogen) atoms. The Labute approximate surface area is 92.7 Å². The summed E-state index contributed by atoms with van der Waals surface area (Å²) in [6.45, 7) is 4.24. The van der Waals surface area contributed by atoms with Crippen molar-refractivity contribution in [2.75, 3.05) is 31.1 Å². The molecule has 0 aliphatic carbocycles. The summed E-state index contributed by atoms with van der Waals surface area (Å²) in [7, 11) is 0. The molecule has 0 atom stereocenters. The van der Waals surface area contributed by atoms with Crippen LogP contribution in [0.2, 0.25) is 0 Å². The zero-order chi connectivity index (χ0) is 10.1. The fourth-order valence-electron chi connectivity index (χ4n) is 1.98. The lowest BCUT2D eigenvalue weighted by Crippen LogP contribution is -2.43. The number of thiophene rings is 1. The maximum absolute atomic E-state index is 4.51. The average molecular weight is 219 g/mol. The Morgan fingerprint density at radius 2 is 2.13 bits per heavy atom. The summed E-state index contributed by atoms with van der Waals surface area (Å²) in [5, 5.41) is 6.81. The van der Waals surface area contributed by atoms with E-state index in [0.29, 0.717) is 0 Å². The molecule has 0 radical (unpaired) electrons. The zero-order valence-corrected chi connectivity index (χ0v) is 9.26. The van der Waals surface area contributed by atoms with Crippen molar-refractivity contribution in [3.05, 3.63) is 23.7 Å². The highest BCUT2D eigenvalue weighted by molar-refractivity contribution is 7.17. The predicted octanol–water partition coefficient (Wildman–Crippen LogP) is 1.71. The summed E-state index contributed by atoms with van der Waals surface area (Å²) in [6, 6.07) is 4.24. The van der Waals surface area contributed by atoms with Crippen molar-refractivity contribution in [1.82, 2.24) is 10.3 Å². The van der Waals surface area contributed by atoms with Crippen LogP contribution >= 0.6 is 11.3 Å². The molecular formula is C11H13N3S. The molecule has 0 aromatic carbocycles. The molecule has 2 aromatic heterocycles. The van der Waals surface area contributed by atoms with Gasteiger partial charge in [0.2, 0.25) is 0 Å². The van der Waals surface area contributed by atoms with Crippen molar-refractivity contribution < 1.29 is 0 Å². The quantitative estimate of drug-likeness (QED) is 0.791. The molecule has 0 spiro atoms. The number of aromatic nitrogens is 1. The van der Waals surface area contributed by atoms with Crippen LogP contribution in [0.15, 0.2) is 23.7 Å². The number of nitrogens with one attached hydrogen (secondary N) is 1. The van der Waals surface area contributed by atoms with Gasteiger partial charge in [-0.15, -0.1) is 11.3 Å². The first kappa shape index (κ1) is 9.12. The standard InChI is InChI=1S/C11H13N3S/c1-3-13-11(10-9(1)2-8-15-10)14-6-4-12-5-7-14/h1-3,8,12H,4-7H2. The molecule has 1 aliphatic rings. The molecular weight excluding hydrogens is 206 g/mol. The minimum Gasteiger partial charge on any atom is -0.353 e. The van der Waals surface area contributed by atoms with Crippen LogP contribution in [0.4, 0.5) is 5.82 Å². The first-order valence-corrected chi connectivity index (χ1v) is 6.11. The number of piperazine rings is 1. The Morgan fingerprint density at radius 3 is 3.00 bits per heavy atom. The zero-order valence-electron chi connectivity index (χ0n) is 8.44. The van der Waals surface area contributed by atoms with Crippen LogP contribution in [-0.2, 0) is 0 Å². The number of fused-ring (bicyclic) bond motifs is 1. The van der Waals surface area contributed by atoms with Gasteiger partial charge in [0, 0.05) is 32.4 Å². The second kappa shape index (κ2) is 3.79. The van der Waals surface area contributed by atoms with Gasteiger partial charge < -0.3 is 10.2 Å². The third kappa shape index (κ3) is 1.60. The molecule has 78 valence electrons. The normalized spacial score (nSPS) is 17.2. The molecule has 1 fully saturated rings. The van der Waals surface area contributed by atoms with Crippen LogP contribution in [0.5, 0.6) is 0 Å². The van der Waals surface area contributed by atoms with Gasteiger partial charge in [-0.3, -0.25) is 0 Å². The van der Waals surface area contributed by atoms with Crippen molar-refractivity contribution in [2.45, 2.75) is 0 Å². The fraction of sp³-hybridized carbons (Fsp3) is 0.364. The molecule has 1 aliphatic heterocycles. The first-order chi connectivity index (χ1) is 7.45. The van der Waals surface area contributed by atoms with E-state index in [4.69, 9.17) is 0 Å². The van der Waals surface area contributed by atoms with Crippen LogP contribution in [0.1, 0.15) is 0 Å². The molecule has 0 saturated carbocycles. The van der Waals surface area contributed by atoms with Gasteiger partial charge in [0.15, 0.2) is 0 Å². The second-order valence-corrected chi connectivity index (χ2v) is 4.63. The maximum atomic E-state index is 4.51. The van der Waals surface area contributed by atoms with Crippen LogP contribution in [0, 0.1) is 0 Å². The highest BCUT2D eigenvalue weighted by Gasteiger charge is 2.14. The third-order valence-corrected chi connectivity index (χ3v) is 3.69. The van der Waals surface area contributed by atoms with Crippen LogP contribution in [-0.4, -0.2) is 31.2 Å². The van der Waals surface area contributed by atoms with E-state index in [2.05, 4.69) is 32.7 Å². The summed E-state index contributed by atoms with van der Waals surface area (Å²) in [5.41, 5.74) is 0. The third-order valence-electron chi connectivity index (χ3n) is 2.77. The molecule has 2 aromatic rings. The molecule has 4 heteroatoms. The molecule has 1 N–H and O–H groups in total.